The summed E-state index contributed by atoms with van der Waals surface area (Å²) in [7, 11) is 0. The van der Waals surface area contributed by atoms with Crippen LogP contribution in [0.1, 0.15) is 26.2 Å². The molecule has 1 unspecified atom stereocenters. The fourth-order valence-electron chi connectivity index (χ4n) is 2.40. The largest absolute Gasteiger partial charge is 0.464 e. The number of aromatic nitrogens is 1. The van der Waals surface area contributed by atoms with Crippen LogP contribution in [-0.4, -0.2) is 35.1 Å². The van der Waals surface area contributed by atoms with Crippen molar-refractivity contribution in [2.75, 3.05) is 18.1 Å². The van der Waals surface area contributed by atoms with E-state index in [2.05, 4.69) is 4.98 Å². The van der Waals surface area contributed by atoms with Gasteiger partial charge in [-0.1, -0.05) is 11.6 Å². The SMILES string of the molecule is CCOC(=O)C1CCCCN1c1ncc([N+](=O)[O-])cc1Cl. The normalized spacial score (nSPS) is 18.4. The molecule has 0 N–H and O–H groups in total. The molecule has 0 saturated carbocycles. The lowest BCUT2D eigenvalue weighted by atomic mass is 10.0. The molecule has 2 heterocycles. The first kappa shape index (κ1) is 15.5. The number of carbonyl (C=O) groups excluding carboxylic acids is 1. The Morgan fingerprint density at radius 3 is 3.00 bits per heavy atom. The highest BCUT2D eigenvalue weighted by Gasteiger charge is 2.32. The number of carbonyl (C=O) groups is 1. The van der Waals surface area contributed by atoms with Crippen molar-refractivity contribution in [2.45, 2.75) is 32.2 Å². The molecular formula is C13H16ClN3O4. The topological polar surface area (TPSA) is 85.6 Å². The molecular weight excluding hydrogens is 298 g/mol. The van der Waals surface area contributed by atoms with Gasteiger partial charge in [-0.2, -0.15) is 0 Å². The standard InChI is InChI=1S/C13H16ClN3O4/c1-2-21-13(18)11-5-3-4-6-16(11)12-10(14)7-9(8-15-12)17(19)20/h7-8,11H,2-6H2,1H3. The molecule has 1 fully saturated rings. The van der Waals surface area contributed by atoms with E-state index < -0.39 is 11.0 Å². The predicted octanol–water partition coefficient (Wildman–Crippen LogP) is 2.57. The van der Waals surface area contributed by atoms with Crippen LogP contribution < -0.4 is 4.90 Å². The van der Waals surface area contributed by atoms with E-state index in [0.717, 1.165) is 19.0 Å². The summed E-state index contributed by atoms with van der Waals surface area (Å²) in [5, 5.41) is 10.9. The number of nitro groups is 1. The highest BCUT2D eigenvalue weighted by atomic mass is 35.5. The van der Waals surface area contributed by atoms with Gasteiger partial charge in [-0.05, 0) is 26.2 Å². The first-order chi connectivity index (χ1) is 10.0. The van der Waals surface area contributed by atoms with E-state index in [0.29, 0.717) is 25.4 Å². The lowest BCUT2D eigenvalue weighted by Gasteiger charge is -2.35. The molecule has 0 bridgehead atoms. The second kappa shape index (κ2) is 6.71. The molecule has 0 radical (unpaired) electrons. The van der Waals surface area contributed by atoms with Crippen LogP contribution in [0.25, 0.3) is 0 Å². The van der Waals surface area contributed by atoms with Crippen molar-refractivity contribution in [3.8, 4) is 0 Å². The van der Waals surface area contributed by atoms with Crippen LogP contribution in [0.3, 0.4) is 0 Å². The molecule has 1 aromatic rings. The van der Waals surface area contributed by atoms with Crippen LogP contribution in [0.15, 0.2) is 12.3 Å². The number of hydrogen-bond acceptors (Lipinski definition) is 6. The maximum Gasteiger partial charge on any atom is 0.328 e. The number of ether oxygens (including phenoxy) is 1. The molecule has 0 aromatic carbocycles. The lowest BCUT2D eigenvalue weighted by molar-refractivity contribution is -0.385. The van der Waals surface area contributed by atoms with Crippen molar-refractivity contribution in [3.05, 3.63) is 27.4 Å². The Morgan fingerprint density at radius 2 is 2.38 bits per heavy atom. The Hall–Kier alpha value is -1.89. The quantitative estimate of drug-likeness (QED) is 0.482. The number of nitrogens with zero attached hydrogens (tertiary/aromatic N) is 3. The Morgan fingerprint density at radius 1 is 1.62 bits per heavy atom. The average Bonchev–Trinajstić information content (AvgIpc) is 2.47. The molecule has 0 aliphatic carbocycles. The highest BCUT2D eigenvalue weighted by molar-refractivity contribution is 6.33. The van der Waals surface area contributed by atoms with Gasteiger partial charge in [0.1, 0.15) is 18.1 Å². The molecule has 7 nitrogen and oxygen atoms in total. The second-order valence-corrected chi connectivity index (χ2v) is 5.12. The summed E-state index contributed by atoms with van der Waals surface area (Å²) in [6.45, 7) is 2.68. The number of pyridine rings is 1. The van der Waals surface area contributed by atoms with Gasteiger partial charge in [0.25, 0.3) is 5.69 Å². The van der Waals surface area contributed by atoms with Gasteiger partial charge in [0, 0.05) is 12.6 Å². The van der Waals surface area contributed by atoms with Gasteiger partial charge < -0.3 is 9.64 Å². The number of hydrogen-bond donors (Lipinski definition) is 0. The number of halogens is 1. The number of piperidine rings is 1. The molecule has 0 amide bonds. The van der Waals surface area contributed by atoms with Gasteiger partial charge in [-0.15, -0.1) is 0 Å². The fourth-order valence-corrected chi connectivity index (χ4v) is 2.67. The van der Waals surface area contributed by atoms with Crippen LogP contribution in [0.2, 0.25) is 5.02 Å². The maximum atomic E-state index is 12.0. The van der Waals surface area contributed by atoms with Crippen LogP contribution in [0.4, 0.5) is 11.5 Å². The molecule has 1 saturated heterocycles. The highest BCUT2D eigenvalue weighted by Crippen LogP contribution is 2.31. The molecule has 21 heavy (non-hydrogen) atoms. The first-order valence-electron chi connectivity index (χ1n) is 6.77. The number of rotatable bonds is 4. The summed E-state index contributed by atoms with van der Waals surface area (Å²) in [6, 6.07) is 0.811. The summed E-state index contributed by atoms with van der Waals surface area (Å²) in [6.07, 6.45) is 3.64. The zero-order valence-corrected chi connectivity index (χ0v) is 12.4. The van der Waals surface area contributed by atoms with Crippen LogP contribution in [-0.2, 0) is 9.53 Å². The van der Waals surface area contributed by atoms with E-state index >= 15 is 0 Å². The summed E-state index contributed by atoms with van der Waals surface area (Å²) >= 11 is 6.09. The van der Waals surface area contributed by atoms with Crippen LogP contribution in [0.5, 0.6) is 0 Å². The van der Waals surface area contributed by atoms with Gasteiger partial charge in [0.15, 0.2) is 0 Å². The molecule has 1 aromatic heterocycles. The molecule has 0 spiro atoms. The molecule has 114 valence electrons. The minimum Gasteiger partial charge on any atom is -0.464 e. The minimum absolute atomic E-state index is 0.167. The fraction of sp³-hybridized carbons (Fsp3) is 0.538. The lowest BCUT2D eigenvalue weighted by Crippen LogP contribution is -2.46. The van der Waals surface area contributed by atoms with Crippen LogP contribution >= 0.6 is 11.6 Å². The van der Waals surface area contributed by atoms with Crippen molar-refractivity contribution in [1.29, 1.82) is 0 Å². The average molecular weight is 314 g/mol. The summed E-state index contributed by atoms with van der Waals surface area (Å²) < 4.78 is 5.08. The van der Waals surface area contributed by atoms with Crippen molar-refractivity contribution in [2.24, 2.45) is 0 Å². The van der Waals surface area contributed by atoms with Gasteiger partial charge in [-0.25, -0.2) is 9.78 Å². The molecule has 1 aliphatic rings. The maximum absolute atomic E-state index is 12.0. The van der Waals surface area contributed by atoms with E-state index in [1.807, 2.05) is 0 Å². The molecule has 2 rings (SSSR count). The molecule has 1 atom stereocenters. The van der Waals surface area contributed by atoms with Gasteiger partial charge in [-0.3, -0.25) is 10.1 Å². The second-order valence-electron chi connectivity index (χ2n) is 4.71. The predicted molar refractivity (Wildman–Crippen MR) is 77.5 cm³/mol. The van der Waals surface area contributed by atoms with Crippen molar-refractivity contribution >= 4 is 29.1 Å². The zero-order chi connectivity index (χ0) is 15.4. The van der Waals surface area contributed by atoms with Crippen molar-refractivity contribution in [3.63, 3.8) is 0 Å². The van der Waals surface area contributed by atoms with Gasteiger partial charge in [0.2, 0.25) is 0 Å². The Kier molecular flexibility index (Phi) is 4.95. The van der Waals surface area contributed by atoms with E-state index in [9.17, 15) is 14.9 Å². The first-order valence-corrected chi connectivity index (χ1v) is 7.15. The third-order valence-corrected chi connectivity index (χ3v) is 3.63. The molecule has 1 aliphatic heterocycles. The van der Waals surface area contributed by atoms with Crippen molar-refractivity contribution in [1.82, 2.24) is 4.98 Å². The van der Waals surface area contributed by atoms with Crippen LogP contribution in [0, 0.1) is 10.1 Å². The Labute approximate surface area is 127 Å². The molecule has 8 heteroatoms. The zero-order valence-electron chi connectivity index (χ0n) is 11.6. The summed E-state index contributed by atoms with van der Waals surface area (Å²) in [5.41, 5.74) is -0.173. The third-order valence-electron chi connectivity index (χ3n) is 3.35. The minimum atomic E-state index is -0.554. The summed E-state index contributed by atoms with van der Waals surface area (Å²) in [4.78, 5) is 28.0. The summed E-state index contributed by atoms with van der Waals surface area (Å²) in [5.74, 6) is 0.0773. The van der Waals surface area contributed by atoms with Crippen molar-refractivity contribution < 1.29 is 14.5 Å². The number of esters is 1. The smallest absolute Gasteiger partial charge is 0.328 e. The van der Waals surface area contributed by atoms with Gasteiger partial charge in [0.05, 0.1) is 16.6 Å². The van der Waals surface area contributed by atoms with E-state index in [1.165, 1.54) is 6.07 Å². The Bertz CT molecular complexity index is 552. The number of anilines is 1. The Balaban J connectivity index is 2.29. The van der Waals surface area contributed by atoms with E-state index in [4.69, 9.17) is 16.3 Å². The van der Waals surface area contributed by atoms with E-state index in [-0.39, 0.29) is 16.7 Å². The van der Waals surface area contributed by atoms with Gasteiger partial charge >= 0.3 is 5.97 Å². The van der Waals surface area contributed by atoms with E-state index in [1.54, 1.807) is 11.8 Å². The third kappa shape index (κ3) is 3.41. The monoisotopic (exact) mass is 313 g/mol.